The predicted octanol–water partition coefficient (Wildman–Crippen LogP) is 2.65. The van der Waals surface area contributed by atoms with E-state index < -0.39 is 0 Å². The summed E-state index contributed by atoms with van der Waals surface area (Å²) in [5, 5.41) is 0. The topological polar surface area (TPSA) is 42.1 Å². The molecule has 2 N–H and O–H groups in total. The van der Waals surface area contributed by atoms with Crippen molar-refractivity contribution in [2.45, 2.75) is 33.6 Å². The molecule has 0 aliphatic carbocycles. The average molecular weight is 263 g/mol. The molecule has 0 unspecified atom stereocenters. The maximum absolute atomic E-state index is 5.79. The van der Waals surface area contributed by atoms with Crippen LogP contribution in [0.15, 0.2) is 12.1 Å². The van der Waals surface area contributed by atoms with Crippen LogP contribution in [0.5, 0.6) is 0 Å². The van der Waals surface area contributed by atoms with Gasteiger partial charge in [-0.05, 0) is 37.3 Å². The predicted molar refractivity (Wildman–Crippen MR) is 80.1 cm³/mol. The molecular formula is C14H21N3S. The molecule has 0 atom stereocenters. The number of rotatable bonds is 2. The Morgan fingerprint density at radius 1 is 1.33 bits per heavy atom. The average Bonchev–Trinajstić information content (AvgIpc) is 2.28. The van der Waals surface area contributed by atoms with Crippen LogP contribution in [0.25, 0.3) is 0 Å². The second-order valence-corrected chi connectivity index (χ2v) is 6.28. The molecule has 1 saturated heterocycles. The fourth-order valence-corrected chi connectivity index (χ4v) is 2.46. The number of aryl methyl sites for hydroxylation is 1. The molecule has 98 valence electrons. The van der Waals surface area contributed by atoms with Crippen molar-refractivity contribution >= 4 is 23.0 Å². The first-order valence-corrected chi connectivity index (χ1v) is 6.82. The number of nitrogens with zero attached hydrogens (tertiary/aromatic N) is 2. The number of nitrogens with two attached hydrogens (primary N) is 1. The molecule has 1 aliphatic heterocycles. The van der Waals surface area contributed by atoms with Crippen molar-refractivity contribution in [3.05, 3.63) is 23.4 Å². The van der Waals surface area contributed by atoms with Gasteiger partial charge in [0.15, 0.2) is 0 Å². The number of piperidine rings is 1. The number of hydrogen-bond acceptors (Lipinski definition) is 3. The third kappa shape index (κ3) is 2.80. The van der Waals surface area contributed by atoms with Gasteiger partial charge in [-0.1, -0.05) is 26.1 Å². The summed E-state index contributed by atoms with van der Waals surface area (Å²) in [5.74, 6) is 0.956. The van der Waals surface area contributed by atoms with Crippen molar-refractivity contribution in [3.63, 3.8) is 0 Å². The van der Waals surface area contributed by atoms with Crippen LogP contribution < -0.4 is 10.6 Å². The van der Waals surface area contributed by atoms with Crippen LogP contribution >= 0.6 is 12.2 Å². The van der Waals surface area contributed by atoms with E-state index in [9.17, 15) is 0 Å². The molecule has 1 fully saturated rings. The van der Waals surface area contributed by atoms with Crippen LogP contribution in [0, 0.1) is 12.3 Å². The van der Waals surface area contributed by atoms with Gasteiger partial charge in [0.25, 0.3) is 0 Å². The van der Waals surface area contributed by atoms with Crippen molar-refractivity contribution in [1.82, 2.24) is 4.98 Å². The Hall–Kier alpha value is -1.16. The number of thiocarbonyl (C=S) groups is 1. The van der Waals surface area contributed by atoms with E-state index in [2.05, 4.69) is 23.7 Å². The number of pyridine rings is 1. The zero-order valence-electron chi connectivity index (χ0n) is 11.4. The highest BCUT2D eigenvalue weighted by atomic mass is 32.1. The molecule has 0 saturated carbocycles. The minimum absolute atomic E-state index is 0.433. The lowest BCUT2D eigenvalue weighted by atomic mass is 9.82. The van der Waals surface area contributed by atoms with E-state index in [-0.39, 0.29) is 0 Å². The Morgan fingerprint density at radius 2 is 1.94 bits per heavy atom. The fourth-order valence-electron chi connectivity index (χ4n) is 2.30. The summed E-state index contributed by atoms with van der Waals surface area (Å²) < 4.78 is 0. The first-order chi connectivity index (χ1) is 8.39. The minimum Gasteiger partial charge on any atom is -0.389 e. The lowest BCUT2D eigenvalue weighted by Gasteiger charge is -2.38. The maximum atomic E-state index is 5.79. The summed E-state index contributed by atoms with van der Waals surface area (Å²) in [7, 11) is 0. The van der Waals surface area contributed by atoms with E-state index in [1.807, 2.05) is 19.1 Å². The van der Waals surface area contributed by atoms with Crippen molar-refractivity contribution in [1.29, 1.82) is 0 Å². The third-order valence-corrected chi connectivity index (χ3v) is 3.92. The molecule has 0 aromatic carbocycles. The van der Waals surface area contributed by atoms with E-state index in [4.69, 9.17) is 18.0 Å². The summed E-state index contributed by atoms with van der Waals surface area (Å²) in [6.07, 6.45) is 2.36. The van der Waals surface area contributed by atoms with Gasteiger partial charge in [-0.25, -0.2) is 4.98 Å². The van der Waals surface area contributed by atoms with Gasteiger partial charge < -0.3 is 10.6 Å². The van der Waals surface area contributed by atoms with Crippen LogP contribution in [0.4, 0.5) is 5.82 Å². The van der Waals surface area contributed by atoms with Gasteiger partial charge >= 0.3 is 0 Å². The molecule has 0 bridgehead atoms. The first kappa shape index (κ1) is 13.3. The highest BCUT2D eigenvalue weighted by Gasteiger charge is 2.27. The van der Waals surface area contributed by atoms with Crippen LogP contribution in [-0.4, -0.2) is 23.1 Å². The lowest BCUT2D eigenvalue weighted by Crippen LogP contribution is -2.38. The van der Waals surface area contributed by atoms with E-state index >= 15 is 0 Å². The molecule has 18 heavy (non-hydrogen) atoms. The summed E-state index contributed by atoms with van der Waals surface area (Å²) in [5.41, 5.74) is 8.13. The van der Waals surface area contributed by atoms with E-state index in [0.29, 0.717) is 10.4 Å². The van der Waals surface area contributed by atoms with Crippen molar-refractivity contribution in [2.75, 3.05) is 18.0 Å². The summed E-state index contributed by atoms with van der Waals surface area (Å²) in [4.78, 5) is 7.37. The van der Waals surface area contributed by atoms with Gasteiger partial charge in [-0.2, -0.15) is 0 Å². The zero-order valence-corrected chi connectivity index (χ0v) is 12.2. The van der Waals surface area contributed by atoms with Gasteiger partial charge in [0.1, 0.15) is 10.8 Å². The van der Waals surface area contributed by atoms with E-state index in [1.165, 1.54) is 12.8 Å². The van der Waals surface area contributed by atoms with Crippen LogP contribution in [0.1, 0.15) is 37.9 Å². The Bertz CT molecular complexity index is 458. The molecule has 2 heterocycles. The van der Waals surface area contributed by atoms with Crippen LogP contribution in [-0.2, 0) is 0 Å². The highest BCUT2D eigenvalue weighted by molar-refractivity contribution is 7.80. The summed E-state index contributed by atoms with van der Waals surface area (Å²) in [6.45, 7) is 8.70. The zero-order chi connectivity index (χ0) is 13.3. The highest BCUT2D eigenvalue weighted by Crippen LogP contribution is 2.32. The summed E-state index contributed by atoms with van der Waals surface area (Å²) >= 11 is 5.12. The molecular weight excluding hydrogens is 242 g/mol. The standard InChI is InChI=1S/C14H21N3S/c1-10-4-5-11(12(15)18)13(16-10)17-8-6-14(2,3)7-9-17/h4-5H,6-9H2,1-3H3,(H2,15,18). The second-order valence-electron chi connectivity index (χ2n) is 5.84. The van der Waals surface area contributed by atoms with Crippen LogP contribution in [0.2, 0.25) is 0 Å². The molecule has 1 aromatic rings. The van der Waals surface area contributed by atoms with Crippen molar-refractivity contribution < 1.29 is 0 Å². The quantitative estimate of drug-likeness (QED) is 0.833. The molecule has 0 radical (unpaired) electrons. The van der Waals surface area contributed by atoms with Crippen molar-refractivity contribution in [2.24, 2.45) is 11.1 Å². The molecule has 3 nitrogen and oxygen atoms in total. The van der Waals surface area contributed by atoms with Gasteiger partial charge in [0.2, 0.25) is 0 Å². The molecule has 0 amide bonds. The SMILES string of the molecule is Cc1ccc(C(N)=S)c(N2CCC(C)(C)CC2)n1. The normalized spacial score (nSPS) is 18.7. The lowest BCUT2D eigenvalue weighted by molar-refractivity contribution is 0.279. The van der Waals surface area contributed by atoms with Crippen LogP contribution in [0.3, 0.4) is 0 Å². The fraction of sp³-hybridized carbons (Fsp3) is 0.571. The van der Waals surface area contributed by atoms with Gasteiger partial charge in [-0.15, -0.1) is 0 Å². The van der Waals surface area contributed by atoms with Gasteiger partial charge in [-0.3, -0.25) is 0 Å². The second kappa shape index (κ2) is 4.84. The smallest absolute Gasteiger partial charge is 0.139 e. The number of anilines is 1. The molecule has 0 spiro atoms. The Balaban J connectivity index is 2.28. The van der Waals surface area contributed by atoms with E-state index in [1.54, 1.807) is 0 Å². The minimum atomic E-state index is 0.433. The molecule has 2 rings (SSSR count). The maximum Gasteiger partial charge on any atom is 0.139 e. The third-order valence-electron chi connectivity index (χ3n) is 3.70. The number of aromatic nitrogens is 1. The Kier molecular flexibility index (Phi) is 3.57. The number of hydrogen-bond donors (Lipinski definition) is 1. The molecule has 1 aliphatic rings. The Labute approximate surface area is 114 Å². The monoisotopic (exact) mass is 263 g/mol. The van der Waals surface area contributed by atoms with Crippen molar-refractivity contribution in [3.8, 4) is 0 Å². The largest absolute Gasteiger partial charge is 0.389 e. The van der Waals surface area contributed by atoms with E-state index in [0.717, 1.165) is 30.2 Å². The van der Waals surface area contributed by atoms with Gasteiger partial charge in [0, 0.05) is 18.8 Å². The molecule has 4 heteroatoms. The first-order valence-electron chi connectivity index (χ1n) is 6.41. The molecule has 1 aromatic heterocycles. The Morgan fingerprint density at radius 3 is 2.50 bits per heavy atom. The summed E-state index contributed by atoms with van der Waals surface area (Å²) in [6, 6.07) is 3.95. The van der Waals surface area contributed by atoms with Gasteiger partial charge in [0.05, 0.1) is 5.56 Å².